The maximum absolute atomic E-state index is 5.39. The van der Waals surface area contributed by atoms with Crippen LogP contribution in [0.4, 0.5) is 0 Å². The Morgan fingerprint density at radius 2 is 1.80 bits per heavy atom. The summed E-state index contributed by atoms with van der Waals surface area (Å²) < 4.78 is 2.43. The number of aromatic nitrogens is 2. The number of nitrogens with zero attached hydrogens (tertiary/aromatic N) is 2. The summed E-state index contributed by atoms with van der Waals surface area (Å²) in [6, 6.07) is 15.8. The number of allylic oxidation sites excluding steroid dienone is 6. The van der Waals surface area contributed by atoms with E-state index >= 15 is 0 Å². The van der Waals surface area contributed by atoms with Crippen LogP contribution in [-0.2, 0) is 10.8 Å². The second-order valence-corrected chi connectivity index (χ2v) is 12.2. The van der Waals surface area contributed by atoms with E-state index in [0.717, 1.165) is 30.6 Å². The molecule has 2 heterocycles. The molecule has 3 unspecified atom stereocenters. The fourth-order valence-corrected chi connectivity index (χ4v) is 7.28. The molecule has 1 aliphatic heterocycles. The summed E-state index contributed by atoms with van der Waals surface area (Å²) in [6.07, 6.45) is 15.1. The Bertz CT molecular complexity index is 1400. The van der Waals surface area contributed by atoms with Crippen LogP contribution in [0.5, 0.6) is 0 Å². The van der Waals surface area contributed by atoms with Gasteiger partial charge in [-0.25, -0.2) is 4.98 Å². The Kier molecular flexibility index (Phi) is 4.88. The third kappa shape index (κ3) is 2.92. The first kappa shape index (κ1) is 22.6. The SMILES string of the molecule is CCC=CC1CC2(C)c3cc4nc(n(-c5ccccc5)c4cc3C(C)(C)C2(C)C)C2=CC=CCC21. The van der Waals surface area contributed by atoms with Gasteiger partial charge in [0.1, 0.15) is 5.82 Å². The van der Waals surface area contributed by atoms with Crippen molar-refractivity contribution in [3.63, 3.8) is 0 Å². The Hall–Kier alpha value is -2.87. The molecule has 0 radical (unpaired) electrons. The lowest BCUT2D eigenvalue weighted by Gasteiger charge is -2.48. The van der Waals surface area contributed by atoms with Gasteiger partial charge < -0.3 is 0 Å². The van der Waals surface area contributed by atoms with Crippen molar-refractivity contribution in [2.24, 2.45) is 17.3 Å². The van der Waals surface area contributed by atoms with Gasteiger partial charge in [0.15, 0.2) is 0 Å². The van der Waals surface area contributed by atoms with Gasteiger partial charge in [0.25, 0.3) is 0 Å². The fraction of sp³-hybridized carbons (Fsp3) is 0.424. The molecule has 6 rings (SSSR count). The van der Waals surface area contributed by atoms with Gasteiger partial charge in [-0.05, 0) is 88.3 Å². The van der Waals surface area contributed by atoms with Crippen LogP contribution in [0.1, 0.15) is 77.8 Å². The number of rotatable bonds is 3. The standard InChI is InChI=1S/C33H38N2/c1-7-8-14-22-21-33(6)27-19-28-29(20-26(27)31(2,3)32(33,4)5)35(23-15-10-9-11-16-23)30(34-28)25-18-13-12-17-24(22)25/h8-16,18-20,22,24H,7,17,21H2,1-6H3. The van der Waals surface area contributed by atoms with Crippen LogP contribution < -0.4 is 0 Å². The molecule has 2 aromatic carbocycles. The van der Waals surface area contributed by atoms with Crippen LogP contribution in [-0.4, -0.2) is 9.55 Å². The molecule has 0 amide bonds. The number of para-hydroxylation sites is 1. The highest BCUT2D eigenvalue weighted by molar-refractivity contribution is 5.86. The van der Waals surface area contributed by atoms with E-state index in [1.54, 1.807) is 0 Å². The molecular formula is C33H38N2. The highest BCUT2D eigenvalue weighted by Gasteiger charge is 2.60. The fourth-order valence-electron chi connectivity index (χ4n) is 7.28. The van der Waals surface area contributed by atoms with Crippen LogP contribution >= 0.6 is 0 Å². The zero-order chi connectivity index (χ0) is 24.6. The van der Waals surface area contributed by atoms with Gasteiger partial charge in [-0.2, -0.15) is 0 Å². The summed E-state index contributed by atoms with van der Waals surface area (Å²) >= 11 is 0. The molecule has 0 saturated heterocycles. The molecule has 3 aromatic rings. The lowest BCUT2D eigenvalue weighted by atomic mass is 9.55. The predicted molar refractivity (Wildman–Crippen MR) is 148 cm³/mol. The highest BCUT2D eigenvalue weighted by Crippen LogP contribution is 2.65. The Balaban J connectivity index is 1.75. The minimum Gasteiger partial charge on any atom is -0.293 e. The molecule has 3 bridgehead atoms. The van der Waals surface area contributed by atoms with Gasteiger partial charge in [0, 0.05) is 5.69 Å². The van der Waals surface area contributed by atoms with Gasteiger partial charge in [0.05, 0.1) is 11.0 Å². The third-order valence-corrected chi connectivity index (χ3v) is 10.3. The van der Waals surface area contributed by atoms with E-state index in [-0.39, 0.29) is 16.2 Å². The van der Waals surface area contributed by atoms with E-state index in [1.165, 1.54) is 27.9 Å². The van der Waals surface area contributed by atoms with Crippen LogP contribution in [0.15, 0.2) is 72.8 Å². The van der Waals surface area contributed by atoms with Gasteiger partial charge in [-0.1, -0.05) is 90.1 Å². The van der Waals surface area contributed by atoms with Crippen LogP contribution in [0.2, 0.25) is 0 Å². The maximum atomic E-state index is 5.39. The van der Waals surface area contributed by atoms with Gasteiger partial charge >= 0.3 is 0 Å². The molecule has 35 heavy (non-hydrogen) atoms. The minimum absolute atomic E-state index is 0.0561. The van der Waals surface area contributed by atoms with Crippen molar-refractivity contribution < 1.29 is 0 Å². The second-order valence-electron chi connectivity index (χ2n) is 12.2. The molecular weight excluding hydrogens is 424 g/mol. The summed E-state index contributed by atoms with van der Waals surface area (Å²) in [4.78, 5) is 5.39. The largest absolute Gasteiger partial charge is 0.293 e. The van der Waals surface area contributed by atoms with Crippen LogP contribution in [0.25, 0.3) is 22.3 Å². The smallest absolute Gasteiger partial charge is 0.141 e. The van der Waals surface area contributed by atoms with E-state index in [9.17, 15) is 0 Å². The number of hydrogen-bond acceptors (Lipinski definition) is 1. The summed E-state index contributed by atoms with van der Waals surface area (Å²) in [6.45, 7) is 14.7. The number of imidazole rings is 1. The van der Waals surface area contributed by atoms with Crippen molar-refractivity contribution in [1.29, 1.82) is 0 Å². The van der Waals surface area contributed by atoms with Crippen molar-refractivity contribution in [2.45, 2.75) is 71.6 Å². The van der Waals surface area contributed by atoms with Crippen LogP contribution in [0.3, 0.4) is 0 Å². The average Bonchev–Trinajstić information content (AvgIpc) is 3.27. The molecule has 2 nitrogen and oxygen atoms in total. The molecule has 0 spiro atoms. The van der Waals surface area contributed by atoms with E-state index in [4.69, 9.17) is 4.98 Å². The van der Waals surface area contributed by atoms with E-state index in [1.807, 2.05) is 0 Å². The first-order valence-electron chi connectivity index (χ1n) is 13.4. The molecule has 180 valence electrons. The Morgan fingerprint density at radius 1 is 1.03 bits per heavy atom. The molecule has 0 N–H and O–H groups in total. The Labute approximate surface area is 210 Å². The second kappa shape index (κ2) is 7.56. The first-order chi connectivity index (χ1) is 16.7. The first-order valence-corrected chi connectivity index (χ1v) is 13.4. The van der Waals surface area contributed by atoms with Gasteiger partial charge in [0.2, 0.25) is 0 Å². The topological polar surface area (TPSA) is 17.8 Å². The molecule has 2 aliphatic carbocycles. The van der Waals surface area contributed by atoms with E-state index < -0.39 is 0 Å². The zero-order valence-electron chi connectivity index (χ0n) is 22.1. The van der Waals surface area contributed by atoms with Crippen molar-refractivity contribution >= 4 is 16.6 Å². The molecule has 2 heteroatoms. The number of benzene rings is 2. The van der Waals surface area contributed by atoms with Crippen molar-refractivity contribution in [3.8, 4) is 5.69 Å². The lowest BCUT2D eigenvalue weighted by Crippen LogP contribution is -2.45. The normalized spacial score (nSPS) is 28.1. The van der Waals surface area contributed by atoms with Crippen molar-refractivity contribution in [2.75, 3.05) is 0 Å². The van der Waals surface area contributed by atoms with Gasteiger partial charge in [-0.15, -0.1) is 0 Å². The molecule has 3 atom stereocenters. The maximum Gasteiger partial charge on any atom is 0.141 e. The third-order valence-electron chi connectivity index (χ3n) is 10.3. The quantitative estimate of drug-likeness (QED) is 0.357. The Morgan fingerprint density at radius 3 is 2.54 bits per heavy atom. The molecule has 3 aliphatic rings. The highest BCUT2D eigenvalue weighted by atomic mass is 15.1. The van der Waals surface area contributed by atoms with Crippen LogP contribution in [0, 0.1) is 17.3 Å². The van der Waals surface area contributed by atoms with E-state index in [0.29, 0.717) is 11.8 Å². The summed E-state index contributed by atoms with van der Waals surface area (Å²) in [5.74, 6) is 1.99. The predicted octanol–water partition coefficient (Wildman–Crippen LogP) is 8.55. The molecule has 0 fully saturated rings. The van der Waals surface area contributed by atoms with Crippen molar-refractivity contribution in [1.82, 2.24) is 9.55 Å². The average molecular weight is 463 g/mol. The van der Waals surface area contributed by atoms with E-state index in [2.05, 4.69) is 119 Å². The summed E-state index contributed by atoms with van der Waals surface area (Å²) in [5.41, 5.74) is 8.15. The minimum atomic E-state index is 0.0561. The summed E-state index contributed by atoms with van der Waals surface area (Å²) in [7, 11) is 0. The van der Waals surface area contributed by atoms with Crippen molar-refractivity contribution in [3.05, 3.63) is 89.8 Å². The monoisotopic (exact) mass is 462 g/mol. The molecule has 0 saturated carbocycles. The molecule has 1 aromatic heterocycles. The van der Waals surface area contributed by atoms with Gasteiger partial charge in [-0.3, -0.25) is 4.57 Å². The zero-order valence-corrected chi connectivity index (χ0v) is 22.1. The number of fused-ring (bicyclic) bond motifs is 3. The number of hydrogen-bond donors (Lipinski definition) is 0. The lowest BCUT2D eigenvalue weighted by molar-refractivity contribution is 0.0895. The summed E-state index contributed by atoms with van der Waals surface area (Å²) in [5, 5.41) is 0.